The van der Waals surface area contributed by atoms with Crippen LogP contribution in [0.15, 0.2) is 69.8 Å². The number of aryl methyl sites for hydroxylation is 2. The summed E-state index contributed by atoms with van der Waals surface area (Å²) in [7, 11) is -7.63. The van der Waals surface area contributed by atoms with Gasteiger partial charge in [0.25, 0.3) is 0 Å². The fourth-order valence-corrected chi connectivity index (χ4v) is 5.06. The molecule has 0 aromatic heterocycles. The summed E-state index contributed by atoms with van der Waals surface area (Å²) in [5, 5.41) is 0. The van der Waals surface area contributed by atoms with Gasteiger partial charge in [-0.25, -0.2) is 16.8 Å². The minimum absolute atomic E-state index is 0.0483. The third kappa shape index (κ3) is 3.89. The van der Waals surface area contributed by atoms with Gasteiger partial charge in [0.1, 0.15) is 0 Å². The number of rotatable bonds is 5. The van der Waals surface area contributed by atoms with Crippen molar-refractivity contribution in [2.75, 3.05) is 5.75 Å². The van der Waals surface area contributed by atoms with E-state index >= 15 is 0 Å². The summed E-state index contributed by atoms with van der Waals surface area (Å²) in [6, 6.07) is 12.5. The van der Waals surface area contributed by atoms with Gasteiger partial charge in [-0.2, -0.15) is 0 Å². The van der Waals surface area contributed by atoms with Gasteiger partial charge in [-0.3, -0.25) is 0 Å². The molecule has 0 fully saturated rings. The van der Waals surface area contributed by atoms with Crippen molar-refractivity contribution in [3.05, 3.63) is 71.1 Å². The maximum Gasteiger partial charge on any atom is 0.203 e. The van der Waals surface area contributed by atoms with E-state index < -0.39 is 25.4 Å². The highest BCUT2D eigenvalue weighted by Gasteiger charge is 2.25. The Bertz CT molecular complexity index is 921. The highest BCUT2D eigenvalue weighted by atomic mass is 32.2. The summed E-state index contributed by atoms with van der Waals surface area (Å²) in [5.41, 5.74) is 1.84. The van der Waals surface area contributed by atoms with Crippen LogP contribution in [0.2, 0.25) is 0 Å². The van der Waals surface area contributed by atoms with Crippen LogP contribution in [0.25, 0.3) is 0 Å². The van der Waals surface area contributed by atoms with Crippen molar-refractivity contribution in [2.24, 2.45) is 0 Å². The lowest BCUT2D eigenvalue weighted by Crippen LogP contribution is -2.15. The minimum Gasteiger partial charge on any atom is -0.223 e. The molecule has 0 N–H and O–H groups in total. The van der Waals surface area contributed by atoms with Crippen molar-refractivity contribution in [3.63, 3.8) is 0 Å². The summed E-state index contributed by atoms with van der Waals surface area (Å²) < 4.78 is 49.6. The van der Waals surface area contributed by atoms with Crippen LogP contribution in [0.1, 0.15) is 11.1 Å². The molecule has 0 unspecified atom stereocenters. The van der Waals surface area contributed by atoms with E-state index in [1.165, 1.54) is 24.3 Å². The van der Waals surface area contributed by atoms with Crippen LogP contribution in [-0.2, 0) is 19.7 Å². The second-order valence-electron chi connectivity index (χ2n) is 5.43. The van der Waals surface area contributed by atoms with Gasteiger partial charge in [0, 0.05) is 0 Å². The summed E-state index contributed by atoms with van der Waals surface area (Å²) in [6.45, 7) is 7.17. The molecule has 0 spiro atoms. The highest BCUT2D eigenvalue weighted by molar-refractivity contribution is 7.98. The van der Waals surface area contributed by atoms with Crippen LogP contribution >= 0.6 is 0 Å². The lowest BCUT2D eigenvalue weighted by Gasteiger charge is -2.09. The molecule has 0 saturated heterocycles. The summed E-state index contributed by atoms with van der Waals surface area (Å²) in [6.07, 6.45) is 0. The van der Waals surface area contributed by atoms with Crippen molar-refractivity contribution < 1.29 is 16.8 Å². The van der Waals surface area contributed by atoms with Gasteiger partial charge in [0.15, 0.2) is 9.84 Å². The zero-order valence-electron chi connectivity index (χ0n) is 13.0. The molecule has 0 radical (unpaired) electrons. The lowest BCUT2D eigenvalue weighted by atomic mass is 10.2. The third-order valence-electron chi connectivity index (χ3n) is 3.44. The summed E-state index contributed by atoms with van der Waals surface area (Å²) >= 11 is 0. The molecule has 4 nitrogen and oxygen atoms in total. The van der Waals surface area contributed by atoms with E-state index in [9.17, 15) is 16.8 Å². The molecule has 0 heterocycles. The van der Waals surface area contributed by atoms with Gasteiger partial charge < -0.3 is 0 Å². The van der Waals surface area contributed by atoms with Crippen LogP contribution in [0.4, 0.5) is 0 Å². The predicted octanol–water partition coefficient (Wildman–Crippen LogP) is 3.06. The van der Waals surface area contributed by atoms with E-state index in [0.717, 1.165) is 11.1 Å². The third-order valence-corrected chi connectivity index (χ3v) is 7.14. The van der Waals surface area contributed by atoms with Crippen LogP contribution < -0.4 is 0 Å². The Hall–Kier alpha value is -1.92. The Morgan fingerprint density at radius 1 is 0.783 bits per heavy atom. The fraction of sp³-hybridized carbons (Fsp3) is 0.176. The molecular weight excluding hydrogens is 332 g/mol. The van der Waals surface area contributed by atoms with Gasteiger partial charge >= 0.3 is 0 Å². The Balaban J connectivity index is 2.30. The Kier molecular flexibility index (Phi) is 4.77. The molecule has 0 aliphatic carbocycles. The maximum absolute atomic E-state index is 12.4. The van der Waals surface area contributed by atoms with Gasteiger partial charge in [-0.1, -0.05) is 42.0 Å². The standard InChI is InChI=1S/C17H18O4S2/c1-13-4-8-16(9-5-13)22(18,19)12-15(3)23(20,21)17-10-6-14(2)7-11-17/h4-11H,3,12H2,1-2H3. The number of sulfone groups is 2. The normalized spacial score (nSPS) is 12.1. The van der Waals surface area contributed by atoms with Crippen LogP contribution in [0.3, 0.4) is 0 Å². The van der Waals surface area contributed by atoms with E-state index in [-0.39, 0.29) is 14.7 Å². The smallest absolute Gasteiger partial charge is 0.203 e. The average molecular weight is 350 g/mol. The fourth-order valence-electron chi connectivity index (χ4n) is 2.00. The first-order valence-electron chi connectivity index (χ1n) is 6.92. The number of hydrogen-bond acceptors (Lipinski definition) is 4. The molecule has 6 heteroatoms. The molecule has 2 rings (SSSR count). The quantitative estimate of drug-likeness (QED) is 0.831. The van der Waals surface area contributed by atoms with Crippen LogP contribution in [0.5, 0.6) is 0 Å². The first-order chi connectivity index (χ1) is 10.6. The second kappa shape index (κ2) is 6.29. The molecule has 2 aromatic carbocycles. The SMILES string of the molecule is C=C(CS(=O)(=O)c1ccc(C)cc1)S(=O)(=O)c1ccc(C)cc1. The molecule has 0 atom stereocenters. The van der Waals surface area contributed by atoms with Crippen molar-refractivity contribution >= 4 is 19.7 Å². The van der Waals surface area contributed by atoms with E-state index in [1.807, 2.05) is 13.8 Å². The van der Waals surface area contributed by atoms with E-state index in [1.54, 1.807) is 24.3 Å². The molecular formula is C17H18O4S2. The maximum atomic E-state index is 12.4. The average Bonchev–Trinajstić information content (AvgIpc) is 2.47. The van der Waals surface area contributed by atoms with E-state index in [4.69, 9.17) is 0 Å². The van der Waals surface area contributed by atoms with Crippen LogP contribution in [0, 0.1) is 13.8 Å². The first kappa shape index (κ1) is 17.4. The Labute approximate surface area is 137 Å². The molecule has 0 amide bonds. The minimum atomic E-state index is -3.88. The molecule has 122 valence electrons. The van der Waals surface area contributed by atoms with Gasteiger partial charge in [-0.15, -0.1) is 0 Å². The van der Waals surface area contributed by atoms with Crippen LogP contribution in [-0.4, -0.2) is 22.6 Å². The molecule has 0 aliphatic rings. The number of benzene rings is 2. The first-order valence-corrected chi connectivity index (χ1v) is 10.1. The Morgan fingerprint density at radius 3 is 1.61 bits per heavy atom. The highest BCUT2D eigenvalue weighted by Crippen LogP contribution is 2.22. The van der Waals surface area contributed by atoms with Crippen molar-refractivity contribution in [1.29, 1.82) is 0 Å². The van der Waals surface area contributed by atoms with Crippen molar-refractivity contribution in [3.8, 4) is 0 Å². The zero-order chi connectivity index (χ0) is 17.3. The van der Waals surface area contributed by atoms with Gasteiger partial charge in [0.05, 0.1) is 20.4 Å². The Morgan fingerprint density at radius 2 is 1.17 bits per heavy atom. The van der Waals surface area contributed by atoms with Gasteiger partial charge in [-0.05, 0) is 38.1 Å². The molecule has 0 saturated carbocycles. The zero-order valence-corrected chi connectivity index (χ0v) is 14.6. The summed E-state index contributed by atoms with van der Waals surface area (Å²) in [4.78, 5) is -0.197. The van der Waals surface area contributed by atoms with Gasteiger partial charge in [0.2, 0.25) is 9.84 Å². The number of hydrogen-bond donors (Lipinski definition) is 0. The molecule has 2 aromatic rings. The van der Waals surface area contributed by atoms with E-state index in [0.29, 0.717) is 0 Å². The largest absolute Gasteiger partial charge is 0.223 e. The topological polar surface area (TPSA) is 68.3 Å². The summed E-state index contributed by atoms with van der Waals surface area (Å²) in [5.74, 6) is -0.633. The second-order valence-corrected chi connectivity index (χ2v) is 9.47. The lowest BCUT2D eigenvalue weighted by molar-refractivity contribution is 0.592. The van der Waals surface area contributed by atoms with E-state index in [2.05, 4.69) is 6.58 Å². The predicted molar refractivity (Wildman–Crippen MR) is 90.7 cm³/mol. The van der Waals surface area contributed by atoms with Crippen molar-refractivity contribution in [1.82, 2.24) is 0 Å². The molecule has 23 heavy (non-hydrogen) atoms. The monoisotopic (exact) mass is 350 g/mol. The molecule has 0 bridgehead atoms. The van der Waals surface area contributed by atoms with Crippen molar-refractivity contribution in [2.45, 2.75) is 23.6 Å². The molecule has 0 aliphatic heterocycles.